The molecule has 1 atom stereocenters. The Morgan fingerprint density at radius 3 is 2.87 bits per heavy atom. The number of hydrogen-bond acceptors (Lipinski definition) is 5. The minimum Gasteiger partial charge on any atom is -0.394 e. The molecule has 3 N–H and O–H groups in total. The summed E-state index contributed by atoms with van der Waals surface area (Å²) in [6.45, 7) is -0.150. The van der Waals surface area contributed by atoms with Crippen LogP contribution in [0.2, 0.25) is 0 Å². The normalized spacial score (nSPS) is 19.6. The molecule has 1 aliphatic carbocycles. The molecule has 1 heterocycles. The topological polar surface area (TPSA) is 85.2 Å². The van der Waals surface area contributed by atoms with Crippen molar-refractivity contribution in [2.24, 2.45) is 11.7 Å². The summed E-state index contributed by atoms with van der Waals surface area (Å²) in [4.78, 5) is 4.18. The third kappa shape index (κ3) is 2.54. The third-order valence-corrected chi connectivity index (χ3v) is 2.95. The summed E-state index contributed by atoms with van der Waals surface area (Å²) >= 11 is 0. The van der Waals surface area contributed by atoms with Crippen molar-refractivity contribution in [2.45, 2.75) is 38.1 Å². The van der Waals surface area contributed by atoms with Crippen molar-refractivity contribution in [2.75, 3.05) is 6.61 Å². The highest BCUT2D eigenvalue weighted by atomic mass is 16.5. The fourth-order valence-electron chi connectivity index (χ4n) is 2.04. The second kappa shape index (κ2) is 4.72. The van der Waals surface area contributed by atoms with Gasteiger partial charge in [-0.3, -0.25) is 0 Å². The molecule has 1 aromatic heterocycles. The number of hydrogen-bond donors (Lipinski definition) is 2. The Kier molecular flexibility index (Phi) is 3.33. The summed E-state index contributed by atoms with van der Waals surface area (Å²) in [5.41, 5.74) is 5.58. The fraction of sp³-hybridized carbons (Fsp3) is 0.800. The van der Waals surface area contributed by atoms with Crippen LogP contribution in [0.4, 0.5) is 0 Å². The first-order valence-corrected chi connectivity index (χ1v) is 5.48. The molecular weight excluding hydrogens is 194 g/mol. The Hall–Kier alpha value is -0.940. The number of aromatic nitrogens is 2. The van der Waals surface area contributed by atoms with Gasteiger partial charge in [0.15, 0.2) is 5.82 Å². The highest BCUT2D eigenvalue weighted by Crippen LogP contribution is 2.27. The molecule has 1 aliphatic rings. The van der Waals surface area contributed by atoms with Gasteiger partial charge in [0.25, 0.3) is 0 Å². The first-order valence-electron chi connectivity index (χ1n) is 5.48. The lowest BCUT2D eigenvalue weighted by Crippen LogP contribution is -2.16. The number of aliphatic hydroxyl groups is 1. The molecule has 1 saturated carbocycles. The highest BCUT2D eigenvalue weighted by Gasteiger charge is 2.20. The van der Waals surface area contributed by atoms with Gasteiger partial charge in [0, 0.05) is 6.42 Å². The number of nitrogens with zero attached hydrogens (tertiary/aromatic N) is 2. The average Bonchev–Trinajstić information content (AvgIpc) is 2.88. The Morgan fingerprint density at radius 2 is 2.20 bits per heavy atom. The molecule has 0 amide bonds. The van der Waals surface area contributed by atoms with Crippen molar-refractivity contribution in [3.05, 3.63) is 11.7 Å². The molecule has 1 unspecified atom stereocenters. The van der Waals surface area contributed by atoms with E-state index in [1.807, 2.05) is 0 Å². The Bertz CT molecular complexity index is 307. The van der Waals surface area contributed by atoms with E-state index in [2.05, 4.69) is 10.1 Å². The first-order chi connectivity index (χ1) is 7.29. The summed E-state index contributed by atoms with van der Waals surface area (Å²) in [5, 5.41) is 12.6. The van der Waals surface area contributed by atoms with E-state index in [1.165, 1.54) is 25.7 Å². The van der Waals surface area contributed by atoms with Crippen molar-refractivity contribution in [1.82, 2.24) is 10.1 Å². The lowest BCUT2D eigenvalue weighted by molar-refractivity contribution is 0.259. The summed E-state index contributed by atoms with van der Waals surface area (Å²) in [7, 11) is 0. The number of nitrogens with two attached hydrogens (primary N) is 1. The van der Waals surface area contributed by atoms with E-state index in [0.29, 0.717) is 17.6 Å². The zero-order valence-electron chi connectivity index (χ0n) is 8.72. The predicted octanol–water partition coefficient (Wildman–Crippen LogP) is 0.794. The first kappa shape index (κ1) is 10.6. The average molecular weight is 211 g/mol. The van der Waals surface area contributed by atoms with Crippen LogP contribution in [0.25, 0.3) is 0 Å². The predicted molar refractivity (Wildman–Crippen MR) is 54.0 cm³/mol. The molecule has 0 bridgehead atoms. The van der Waals surface area contributed by atoms with E-state index < -0.39 is 6.04 Å². The molecule has 1 aromatic rings. The molecule has 0 aromatic carbocycles. The minimum atomic E-state index is -0.522. The monoisotopic (exact) mass is 211 g/mol. The van der Waals surface area contributed by atoms with E-state index in [1.54, 1.807) is 0 Å². The van der Waals surface area contributed by atoms with Gasteiger partial charge in [-0.05, 0) is 18.8 Å². The summed E-state index contributed by atoms with van der Waals surface area (Å²) in [6.07, 6.45) is 5.97. The van der Waals surface area contributed by atoms with E-state index in [9.17, 15) is 0 Å². The van der Waals surface area contributed by atoms with E-state index >= 15 is 0 Å². The second-order valence-corrected chi connectivity index (χ2v) is 4.19. The molecule has 2 rings (SSSR count). The van der Waals surface area contributed by atoms with E-state index in [4.69, 9.17) is 15.4 Å². The van der Waals surface area contributed by atoms with Gasteiger partial charge in [0.1, 0.15) is 0 Å². The lowest BCUT2D eigenvalue weighted by Gasteiger charge is -2.03. The van der Waals surface area contributed by atoms with Gasteiger partial charge >= 0.3 is 0 Å². The third-order valence-electron chi connectivity index (χ3n) is 2.95. The molecule has 0 aliphatic heterocycles. The lowest BCUT2D eigenvalue weighted by atomic mass is 10.0. The van der Waals surface area contributed by atoms with Gasteiger partial charge in [-0.25, -0.2) is 0 Å². The van der Waals surface area contributed by atoms with Crippen LogP contribution in [0.15, 0.2) is 4.52 Å². The van der Waals surface area contributed by atoms with Crippen LogP contribution >= 0.6 is 0 Å². The molecule has 5 heteroatoms. The Balaban J connectivity index is 1.94. The summed E-state index contributed by atoms with van der Waals surface area (Å²) in [6, 6.07) is -0.522. The zero-order chi connectivity index (χ0) is 10.7. The van der Waals surface area contributed by atoms with Crippen molar-refractivity contribution in [1.29, 1.82) is 0 Å². The van der Waals surface area contributed by atoms with Gasteiger partial charge in [0.2, 0.25) is 5.89 Å². The Labute approximate surface area is 88.7 Å². The minimum absolute atomic E-state index is 0.150. The van der Waals surface area contributed by atoms with Crippen molar-refractivity contribution in [3.8, 4) is 0 Å². The fourth-order valence-corrected chi connectivity index (χ4v) is 2.04. The van der Waals surface area contributed by atoms with Crippen LogP contribution in [0, 0.1) is 5.92 Å². The molecular formula is C10H17N3O2. The molecule has 0 saturated heterocycles. The maximum absolute atomic E-state index is 8.84. The molecule has 1 fully saturated rings. The highest BCUT2D eigenvalue weighted by molar-refractivity contribution is 4.94. The van der Waals surface area contributed by atoms with Crippen molar-refractivity contribution in [3.63, 3.8) is 0 Å². The van der Waals surface area contributed by atoms with E-state index in [-0.39, 0.29) is 6.61 Å². The van der Waals surface area contributed by atoms with Crippen LogP contribution < -0.4 is 5.73 Å². The molecule has 5 nitrogen and oxygen atoms in total. The van der Waals surface area contributed by atoms with Crippen LogP contribution in [0.1, 0.15) is 43.4 Å². The van der Waals surface area contributed by atoms with Crippen LogP contribution in [-0.4, -0.2) is 21.9 Å². The van der Waals surface area contributed by atoms with Gasteiger partial charge in [-0.15, -0.1) is 0 Å². The van der Waals surface area contributed by atoms with Crippen LogP contribution in [0.3, 0.4) is 0 Å². The van der Waals surface area contributed by atoms with Gasteiger partial charge in [-0.1, -0.05) is 18.0 Å². The summed E-state index contributed by atoms with van der Waals surface area (Å²) in [5.74, 6) is 1.75. The van der Waals surface area contributed by atoms with Gasteiger partial charge in [0.05, 0.1) is 12.6 Å². The van der Waals surface area contributed by atoms with Crippen LogP contribution in [-0.2, 0) is 6.42 Å². The molecule has 15 heavy (non-hydrogen) atoms. The Morgan fingerprint density at radius 1 is 1.47 bits per heavy atom. The van der Waals surface area contributed by atoms with Gasteiger partial charge in [-0.2, -0.15) is 4.98 Å². The molecule has 0 spiro atoms. The second-order valence-electron chi connectivity index (χ2n) is 4.19. The van der Waals surface area contributed by atoms with Crippen LogP contribution in [0.5, 0.6) is 0 Å². The summed E-state index contributed by atoms with van der Waals surface area (Å²) < 4.78 is 5.10. The number of rotatable bonds is 4. The SMILES string of the molecule is NC(CO)c1noc(CC2CCCC2)n1. The molecule has 0 radical (unpaired) electrons. The van der Waals surface area contributed by atoms with E-state index in [0.717, 1.165) is 6.42 Å². The maximum Gasteiger partial charge on any atom is 0.226 e. The smallest absolute Gasteiger partial charge is 0.226 e. The molecule has 84 valence electrons. The standard InChI is InChI=1S/C10H17N3O2/c11-8(6-14)10-12-9(15-13-10)5-7-3-1-2-4-7/h7-8,14H,1-6,11H2. The largest absolute Gasteiger partial charge is 0.394 e. The van der Waals surface area contributed by atoms with Crippen molar-refractivity contribution < 1.29 is 9.63 Å². The van der Waals surface area contributed by atoms with Gasteiger partial charge < -0.3 is 15.4 Å². The quantitative estimate of drug-likeness (QED) is 0.769. The zero-order valence-corrected chi connectivity index (χ0v) is 8.72. The van der Waals surface area contributed by atoms with Crippen molar-refractivity contribution >= 4 is 0 Å². The number of aliphatic hydroxyl groups excluding tert-OH is 1. The maximum atomic E-state index is 8.84.